The van der Waals surface area contributed by atoms with E-state index < -0.39 is 0 Å². The number of carbonyl (C=O) groups excluding carboxylic acids is 1. The van der Waals surface area contributed by atoms with Gasteiger partial charge in [-0.1, -0.05) is 39.3 Å². The Hall–Kier alpha value is -1.55. The average Bonchev–Trinajstić information content (AvgIpc) is 2.47. The molecule has 0 unspecified atom stereocenters. The summed E-state index contributed by atoms with van der Waals surface area (Å²) in [5.41, 5.74) is 1.37. The van der Waals surface area contributed by atoms with Gasteiger partial charge < -0.3 is 14.8 Å². The molecule has 118 valence electrons. The molecule has 0 fully saturated rings. The number of methoxy groups -OCH3 is 1. The van der Waals surface area contributed by atoms with E-state index in [1.165, 1.54) is 7.11 Å². The van der Waals surface area contributed by atoms with Crippen molar-refractivity contribution in [3.63, 3.8) is 0 Å². The summed E-state index contributed by atoms with van der Waals surface area (Å²) in [5.74, 6) is 0.758. The first-order valence-corrected chi connectivity index (χ1v) is 7.44. The zero-order chi connectivity index (χ0) is 15.7. The van der Waals surface area contributed by atoms with Gasteiger partial charge in [-0.15, -0.1) is 0 Å². The van der Waals surface area contributed by atoms with Gasteiger partial charge in [0, 0.05) is 13.7 Å². The van der Waals surface area contributed by atoms with Crippen molar-refractivity contribution in [3.05, 3.63) is 29.8 Å². The van der Waals surface area contributed by atoms with Crippen LogP contribution in [0.2, 0.25) is 0 Å². The quantitative estimate of drug-likeness (QED) is 0.761. The molecule has 0 saturated carbocycles. The van der Waals surface area contributed by atoms with Crippen molar-refractivity contribution in [2.24, 2.45) is 5.41 Å². The molecule has 0 aliphatic carbocycles. The Morgan fingerprint density at radius 1 is 1.24 bits per heavy atom. The molecule has 0 radical (unpaired) electrons. The van der Waals surface area contributed by atoms with Crippen molar-refractivity contribution in [2.45, 2.75) is 40.2 Å². The molecule has 1 N–H and O–H groups in total. The Morgan fingerprint density at radius 3 is 2.48 bits per heavy atom. The number of hydrogen-bond acceptors (Lipinski definition) is 3. The summed E-state index contributed by atoms with van der Waals surface area (Å²) in [5, 5.41) is 2.79. The lowest BCUT2D eigenvalue weighted by atomic mass is 9.87. The van der Waals surface area contributed by atoms with Crippen molar-refractivity contribution in [3.8, 4) is 5.75 Å². The fourth-order valence-electron chi connectivity index (χ4n) is 1.71. The fourth-order valence-corrected chi connectivity index (χ4v) is 1.71. The third kappa shape index (κ3) is 7.14. The highest BCUT2D eigenvalue weighted by molar-refractivity contribution is 5.77. The molecular weight excluding hydrogens is 266 g/mol. The first-order chi connectivity index (χ1) is 9.96. The van der Waals surface area contributed by atoms with Crippen molar-refractivity contribution in [2.75, 3.05) is 20.3 Å². The van der Waals surface area contributed by atoms with Crippen LogP contribution in [0.4, 0.5) is 0 Å². The Labute approximate surface area is 127 Å². The first-order valence-electron chi connectivity index (χ1n) is 7.44. The molecule has 1 rings (SSSR count). The summed E-state index contributed by atoms with van der Waals surface area (Å²) < 4.78 is 10.5. The minimum Gasteiger partial charge on any atom is -0.494 e. The van der Waals surface area contributed by atoms with Gasteiger partial charge in [-0.3, -0.25) is 4.79 Å². The number of carbonyl (C=O) groups is 1. The lowest BCUT2D eigenvalue weighted by Crippen LogP contribution is -2.26. The molecule has 1 aromatic rings. The molecule has 0 spiro atoms. The maximum absolute atomic E-state index is 11.3. The SMILES string of the molecule is CCC(C)(C)CCOc1ccc(CNC(=O)COC)cc1. The van der Waals surface area contributed by atoms with Crippen LogP contribution in [0.3, 0.4) is 0 Å². The number of rotatable bonds is 9. The van der Waals surface area contributed by atoms with E-state index in [-0.39, 0.29) is 12.5 Å². The van der Waals surface area contributed by atoms with E-state index in [0.717, 1.165) is 30.8 Å². The van der Waals surface area contributed by atoms with E-state index in [9.17, 15) is 4.79 Å². The summed E-state index contributed by atoms with van der Waals surface area (Å²) in [6, 6.07) is 7.81. The molecule has 0 aliphatic heterocycles. The monoisotopic (exact) mass is 293 g/mol. The normalized spacial score (nSPS) is 11.2. The topological polar surface area (TPSA) is 47.6 Å². The van der Waals surface area contributed by atoms with Gasteiger partial charge >= 0.3 is 0 Å². The Kier molecular flexibility index (Phi) is 7.23. The van der Waals surface area contributed by atoms with Gasteiger partial charge in [0.2, 0.25) is 5.91 Å². The van der Waals surface area contributed by atoms with Crippen LogP contribution >= 0.6 is 0 Å². The van der Waals surface area contributed by atoms with E-state index in [1.54, 1.807) is 0 Å². The molecule has 0 atom stereocenters. The number of ether oxygens (including phenoxy) is 2. The van der Waals surface area contributed by atoms with Crippen LogP contribution in [0.5, 0.6) is 5.75 Å². The van der Waals surface area contributed by atoms with Crippen molar-refractivity contribution < 1.29 is 14.3 Å². The van der Waals surface area contributed by atoms with Gasteiger partial charge in [0.1, 0.15) is 12.4 Å². The average molecular weight is 293 g/mol. The smallest absolute Gasteiger partial charge is 0.246 e. The van der Waals surface area contributed by atoms with Crippen molar-refractivity contribution in [1.82, 2.24) is 5.32 Å². The van der Waals surface area contributed by atoms with E-state index >= 15 is 0 Å². The van der Waals surface area contributed by atoms with Gasteiger partial charge in [-0.2, -0.15) is 0 Å². The van der Waals surface area contributed by atoms with E-state index in [0.29, 0.717) is 12.0 Å². The molecule has 1 amide bonds. The number of nitrogens with one attached hydrogen (secondary N) is 1. The molecule has 0 heterocycles. The largest absolute Gasteiger partial charge is 0.494 e. The standard InChI is InChI=1S/C17H27NO3/c1-5-17(2,3)10-11-21-15-8-6-14(7-9-15)12-18-16(19)13-20-4/h6-9H,5,10-13H2,1-4H3,(H,18,19). The molecule has 4 heteroatoms. The molecule has 4 nitrogen and oxygen atoms in total. The number of amides is 1. The maximum atomic E-state index is 11.3. The molecule has 0 bridgehead atoms. The molecule has 21 heavy (non-hydrogen) atoms. The summed E-state index contributed by atoms with van der Waals surface area (Å²) in [4.78, 5) is 11.3. The van der Waals surface area contributed by atoms with Crippen LogP contribution < -0.4 is 10.1 Å². The zero-order valence-corrected chi connectivity index (χ0v) is 13.6. The Morgan fingerprint density at radius 2 is 1.90 bits per heavy atom. The highest BCUT2D eigenvalue weighted by Gasteiger charge is 2.14. The summed E-state index contributed by atoms with van der Waals surface area (Å²) >= 11 is 0. The van der Waals surface area contributed by atoms with Gasteiger partial charge in [-0.25, -0.2) is 0 Å². The molecule has 0 aromatic heterocycles. The molecular formula is C17H27NO3. The Bertz CT molecular complexity index is 426. The minimum absolute atomic E-state index is 0.0917. The highest BCUT2D eigenvalue weighted by atomic mass is 16.5. The predicted molar refractivity (Wildman–Crippen MR) is 84.3 cm³/mol. The number of benzene rings is 1. The van der Waals surface area contributed by atoms with Gasteiger partial charge in [-0.05, 0) is 29.5 Å². The van der Waals surface area contributed by atoms with Gasteiger partial charge in [0.05, 0.1) is 6.61 Å². The lowest BCUT2D eigenvalue weighted by molar-refractivity contribution is -0.124. The fraction of sp³-hybridized carbons (Fsp3) is 0.588. The second-order valence-electron chi connectivity index (χ2n) is 5.97. The summed E-state index contributed by atoms with van der Waals surface area (Å²) in [6.45, 7) is 8.03. The Balaban J connectivity index is 2.35. The van der Waals surface area contributed by atoms with E-state index in [1.807, 2.05) is 24.3 Å². The first kappa shape index (κ1) is 17.5. The minimum atomic E-state index is -0.111. The van der Waals surface area contributed by atoms with Crippen LogP contribution in [0, 0.1) is 5.41 Å². The zero-order valence-electron chi connectivity index (χ0n) is 13.6. The number of hydrogen-bond donors (Lipinski definition) is 1. The third-order valence-electron chi connectivity index (χ3n) is 3.69. The third-order valence-corrected chi connectivity index (χ3v) is 3.69. The molecule has 0 saturated heterocycles. The van der Waals surface area contributed by atoms with Gasteiger partial charge in [0.15, 0.2) is 0 Å². The second kappa shape index (κ2) is 8.67. The van der Waals surface area contributed by atoms with Crippen LogP contribution in [0.25, 0.3) is 0 Å². The lowest BCUT2D eigenvalue weighted by Gasteiger charge is -2.22. The molecule has 1 aromatic carbocycles. The second-order valence-corrected chi connectivity index (χ2v) is 5.97. The van der Waals surface area contributed by atoms with Crippen molar-refractivity contribution in [1.29, 1.82) is 0 Å². The van der Waals surface area contributed by atoms with Crippen LogP contribution in [-0.4, -0.2) is 26.2 Å². The molecule has 0 aliphatic rings. The highest BCUT2D eigenvalue weighted by Crippen LogP contribution is 2.24. The maximum Gasteiger partial charge on any atom is 0.246 e. The van der Waals surface area contributed by atoms with Gasteiger partial charge in [0.25, 0.3) is 0 Å². The van der Waals surface area contributed by atoms with E-state index in [2.05, 4.69) is 26.1 Å². The van der Waals surface area contributed by atoms with Crippen LogP contribution in [0.15, 0.2) is 24.3 Å². The summed E-state index contributed by atoms with van der Waals surface area (Å²) in [7, 11) is 1.51. The van der Waals surface area contributed by atoms with Crippen LogP contribution in [-0.2, 0) is 16.1 Å². The predicted octanol–water partition coefficient (Wildman–Crippen LogP) is 3.15. The van der Waals surface area contributed by atoms with E-state index in [4.69, 9.17) is 9.47 Å². The summed E-state index contributed by atoms with van der Waals surface area (Å²) in [6.07, 6.45) is 2.19. The van der Waals surface area contributed by atoms with Crippen molar-refractivity contribution >= 4 is 5.91 Å². The van der Waals surface area contributed by atoms with Crippen LogP contribution in [0.1, 0.15) is 39.2 Å².